The van der Waals surface area contributed by atoms with Crippen LogP contribution in [0.2, 0.25) is 0 Å². The van der Waals surface area contributed by atoms with Crippen LogP contribution in [0.1, 0.15) is 25.1 Å². The minimum atomic E-state index is 0.0613. The number of hydrogen-bond acceptors (Lipinski definition) is 5. The first-order valence-electron chi connectivity index (χ1n) is 7.64. The summed E-state index contributed by atoms with van der Waals surface area (Å²) in [6.45, 7) is 1.06. The molecule has 7 nitrogen and oxygen atoms in total. The molecule has 1 aliphatic carbocycles. The molecule has 1 amide bonds. The number of aromatic nitrogens is 3. The van der Waals surface area contributed by atoms with E-state index in [0.29, 0.717) is 42.6 Å². The second-order valence-corrected chi connectivity index (χ2v) is 5.94. The Hall–Kier alpha value is -2.15. The Morgan fingerprint density at radius 2 is 2.41 bits per heavy atom. The van der Waals surface area contributed by atoms with E-state index in [1.807, 2.05) is 0 Å². The van der Waals surface area contributed by atoms with Crippen LogP contribution in [0.25, 0.3) is 11.6 Å². The first-order chi connectivity index (χ1) is 10.8. The van der Waals surface area contributed by atoms with Gasteiger partial charge in [0.25, 0.3) is 0 Å². The van der Waals surface area contributed by atoms with E-state index in [2.05, 4.69) is 20.5 Å². The molecule has 116 valence electrons. The number of hydrogen-bond donors (Lipinski definition) is 2. The monoisotopic (exact) mass is 302 g/mol. The number of carbonyl (C=O) groups excluding carboxylic acids is 1. The van der Waals surface area contributed by atoms with E-state index >= 15 is 0 Å². The molecule has 4 rings (SSSR count). The van der Waals surface area contributed by atoms with E-state index in [4.69, 9.17) is 9.15 Å². The number of furan rings is 1. The zero-order valence-corrected chi connectivity index (χ0v) is 12.1. The number of amides is 1. The highest BCUT2D eigenvalue weighted by Crippen LogP contribution is 2.37. The molecule has 22 heavy (non-hydrogen) atoms. The molecule has 1 saturated heterocycles. The van der Waals surface area contributed by atoms with Crippen LogP contribution in [-0.2, 0) is 16.1 Å². The Kier molecular flexibility index (Phi) is 3.42. The Bertz CT molecular complexity index is 652. The average molecular weight is 302 g/mol. The summed E-state index contributed by atoms with van der Waals surface area (Å²) in [6, 6.07) is 3.58. The molecule has 0 radical (unpaired) electrons. The smallest absolute Gasteiger partial charge is 0.223 e. The fourth-order valence-corrected chi connectivity index (χ4v) is 3.35. The first kappa shape index (κ1) is 13.5. The summed E-state index contributed by atoms with van der Waals surface area (Å²) < 4.78 is 10.9. The number of aromatic amines is 1. The van der Waals surface area contributed by atoms with Crippen molar-refractivity contribution in [2.75, 3.05) is 6.61 Å². The standard InChI is InChI=1S/C15H18N4O3/c20-15(11-4-3-10-6-9(11)8-22-10)16-7-13-17-14(19-18-13)12-2-1-5-21-12/h1-2,5,9-11H,3-4,6-8H2,(H,16,20)(H,17,18,19)/t9-,10+,11-/m1/s1. The number of nitrogens with zero attached hydrogens (tertiary/aromatic N) is 2. The molecule has 0 spiro atoms. The molecule has 0 unspecified atom stereocenters. The zero-order chi connectivity index (χ0) is 14.9. The molecule has 2 fully saturated rings. The van der Waals surface area contributed by atoms with E-state index in [1.54, 1.807) is 18.4 Å². The van der Waals surface area contributed by atoms with Crippen LogP contribution in [0.3, 0.4) is 0 Å². The topological polar surface area (TPSA) is 93.0 Å². The molecule has 2 aromatic rings. The van der Waals surface area contributed by atoms with Crippen molar-refractivity contribution < 1.29 is 13.9 Å². The molecular formula is C15H18N4O3. The lowest BCUT2D eigenvalue weighted by atomic mass is 9.80. The minimum Gasteiger partial charge on any atom is -0.461 e. The van der Waals surface area contributed by atoms with Crippen molar-refractivity contribution in [3.63, 3.8) is 0 Å². The number of ether oxygens (including phenoxy) is 1. The summed E-state index contributed by atoms with van der Waals surface area (Å²) in [5, 5.41) is 9.86. The van der Waals surface area contributed by atoms with Gasteiger partial charge in [0.2, 0.25) is 11.7 Å². The van der Waals surface area contributed by atoms with Crippen LogP contribution in [0, 0.1) is 11.8 Å². The fraction of sp³-hybridized carbons (Fsp3) is 0.533. The van der Waals surface area contributed by atoms with Crippen molar-refractivity contribution in [3.8, 4) is 11.6 Å². The first-order valence-corrected chi connectivity index (χ1v) is 7.64. The van der Waals surface area contributed by atoms with E-state index in [-0.39, 0.29) is 11.8 Å². The fourth-order valence-electron chi connectivity index (χ4n) is 3.35. The Balaban J connectivity index is 1.35. The predicted molar refractivity (Wildman–Crippen MR) is 76.5 cm³/mol. The van der Waals surface area contributed by atoms with Gasteiger partial charge >= 0.3 is 0 Å². The van der Waals surface area contributed by atoms with Gasteiger partial charge in [-0.15, -0.1) is 5.10 Å². The highest BCUT2D eigenvalue weighted by Gasteiger charge is 2.40. The number of carbonyl (C=O) groups is 1. The van der Waals surface area contributed by atoms with Crippen LogP contribution in [-0.4, -0.2) is 33.8 Å². The van der Waals surface area contributed by atoms with Gasteiger partial charge in [-0.3, -0.25) is 9.89 Å². The molecular weight excluding hydrogens is 284 g/mol. The molecule has 7 heteroatoms. The van der Waals surface area contributed by atoms with Gasteiger partial charge in [0.15, 0.2) is 5.76 Å². The molecule has 2 aromatic heterocycles. The van der Waals surface area contributed by atoms with Crippen molar-refractivity contribution in [3.05, 3.63) is 24.2 Å². The van der Waals surface area contributed by atoms with Crippen molar-refractivity contribution >= 4 is 5.91 Å². The summed E-state index contributed by atoms with van der Waals surface area (Å²) in [4.78, 5) is 16.7. The Labute approximate surface area is 127 Å². The Morgan fingerprint density at radius 3 is 3.27 bits per heavy atom. The quantitative estimate of drug-likeness (QED) is 0.892. The van der Waals surface area contributed by atoms with Crippen molar-refractivity contribution in [1.82, 2.24) is 20.5 Å². The predicted octanol–water partition coefficient (Wildman–Crippen LogP) is 1.50. The SMILES string of the molecule is O=C(NCc1nc(-c2ccco2)n[nH]1)[C@@H]1CC[C@H]2C[C@@H]1CO2. The third kappa shape index (κ3) is 2.52. The molecule has 1 aliphatic heterocycles. The third-order valence-corrected chi connectivity index (χ3v) is 4.52. The van der Waals surface area contributed by atoms with Gasteiger partial charge in [0.05, 0.1) is 25.5 Å². The Morgan fingerprint density at radius 1 is 1.45 bits per heavy atom. The lowest BCUT2D eigenvalue weighted by Crippen LogP contribution is -2.37. The highest BCUT2D eigenvalue weighted by atomic mass is 16.5. The highest BCUT2D eigenvalue weighted by molar-refractivity contribution is 5.79. The lowest BCUT2D eigenvalue weighted by Gasteiger charge is -2.25. The van der Waals surface area contributed by atoms with Gasteiger partial charge < -0.3 is 14.5 Å². The van der Waals surface area contributed by atoms with E-state index in [9.17, 15) is 4.79 Å². The van der Waals surface area contributed by atoms with Gasteiger partial charge in [0, 0.05) is 5.92 Å². The van der Waals surface area contributed by atoms with Crippen LogP contribution >= 0.6 is 0 Å². The number of fused-ring (bicyclic) bond motifs is 2. The minimum absolute atomic E-state index is 0.0613. The van der Waals surface area contributed by atoms with Crippen molar-refractivity contribution in [2.24, 2.45) is 11.8 Å². The van der Waals surface area contributed by atoms with Gasteiger partial charge in [-0.2, -0.15) is 0 Å². The van der Waals surface area contributed by atoms with Crippen molar-refractivity contribution in [2.45, 2.75) is 31.9 Å². The number of rotatable bonds is 4. The second-order valence-electron chi connectivity index (χ2n) is 5.94. The molecule has 3 atom stereocenters. The molecule has 2 bridgehead atoms. The summed E-state index contributed by atoms with van der Waals surface area (Å²) in [5.74, 6) is 2.24. The van der Waals surface area contributed by atoms with Gasteiger partial charge in [-0.25, -0.2) is 4.98 Å². The third-order valence-electron chi connectivity index (χ3n) is 4.52. The maximum Gasteiger partial charge on any atom is 0.223 e. The largest absolute Gasteiger partial charge is 0.461 e. The summed E-state index contributed by atoms with van der Waals surface area (Å²) in [6.07, 6.45) is 4.87. The maximum atomic E-state index is 12.3. The van der Waals surface area contributed by atoms with Crippen LogP contribution in [0.5, 0.6) is 0 Å². The normalized spacial score (nSPS) is 27.0. The van der Waals surface area contributed by atoms with Gasteiger partial charge in [-0.05, 0) is 37.3 Å². The molecule has 2 N–H and O–H groups in total. The van der Waals surface area contributed by atoms with Crippen LogP contribution in [0.4, 0.5) is 0 Å². The van der Waals surface area contributed by atoms with E-state index in [1.165, 1.54) is 0 Å². The lowest BCUT2D eigenvalue weighted by molar-refractivity contribution is -0.127. The average Bonchev–Trinajstić information content (AvgIpc) is 3.26. The van der Waals surface area contributed by atoms with Gasteiger partial charge in [0.1, 0.15) is 5.82 Å². The summed E-state index contributed by atoms with van der Waals surface area (Å²) in [5.41, 5.74) is 0. The molecule has 1 saturated carbocycles. The van der Waals surface area contributed by atoms with E-state index < -0.39 is 0 Å². The summed E-state index contributed by atoms with van der Waals surface area (Å²) >= 11 is 0. The van der Waals surface area contributed by atoms with Crippen LogP contribution in [0.15, 0.2) is 22.8 Å². The molecule has 2 aliphatic rings. The van der Waals surface area contributed by atoms with Crippen LogP contribution < -0.4 is 5.32 Å². The second kappa shape index (κ2) is 5.57. The maximum absolute atomic E-state index is 12.3. The molecule has 3 heterocycles. The zero-order valence-electron chi connectivity index (χ0n) is 12.1. The summed E-state index contributed by atoms with van der Waals surface area (Å²) in [7, 11) is 0. The van der Waals surface area contributed by atoms with E-state index in [0.717, 1.165) is 19.3 Å². The van der Waals surface area contributed by atoms with Crippen molar-refractivity contribution in [1.29, 1.82) is 0 Å². The van der Waals surface area contributed by atoms with Gasteiger partial charge in [-0.1, -0.05) is 0 Å². The number of H-pyrrole nitrogens is 1. The number of nitrogens with one attached hydrogen (secondary N) is 2. The molecule has 0 aromatic carbocycles.